The van der Waals surface area contributed by atoms with Gasteiger partial charge in [0.1, 0.15) is 0 Å². The molecule has 1 fully saturated rings. The van der Waals surface area contributed by atoms with Crippen molar-refractivity contribution in [3.8, 4) is 5.95 Å². The van der Waals surface area contributed by atoms with E-state index >= 15 is 0 Å². The fourth-order valence-corrected chi connectivity index (χ4v) is 4.05. The summed E-state index contributed by atoms with van der Waals surface area (Å²) in [6.07, 6.45) is -4.15. The van der Waals surface area contributed by atoms with Gasteiger partial charge in [0.25, 0.3) is 5.95 Å². The quantitative estimate of drug-likeness (QED) is 0.384. The third kappa shape index (κ3) is 5.71. The van der Waals surface area contributed by atoms with E-state index < -0.39 is 17.2 Å². The van der Waals surface area contributed by atoms with Crippen molar-refractivity contribution in [1.29, 1.82) is 0 Å². The first-order valence-electron chi connectivity index (χ1n) is 11.3. The molecule has 10 heteroatoms. The number of nitrogens with one attached hydrogen (secondary N) is 2. The van der Waals surface area contributed by atoms with E-state index in [-0.39, 0.29) is 48.7 Å². The summed E-state index contributed by atoms with van der Waals surface area (Å²) < 4.78 is 55.4. The standard InChI is InChI=1S/C26H25F3N2O5/c1-34-23-11-10-22(36-23)21(32)14-25(12-13-35-16-25)24(33)30-15-17-6-8-18(9-7-17)31-20-5-3-2-4-19(20)26(27,28)29/h2-11,31H,12-16H2,1H3,(H,30,33)/t25-/m0/s1. The molecule has 0 saturated carbocycles. The highest BCUT2D eigenvalue weighted by Gasteiger charge is 2.44. The minimum absolute atomic E-state index is 0.0481. The molecule has 4 rings (SSSR count). The largest absolute Gasteiger partial charge is 0.468 e. The normalized spacial score (nSPS) is 17.6. The number of amides is 1. The Kier molecular flexibility index (Phi) is 7.35. The molecule has 2 aromatic carbocycles. The summed E-state index contributed by atoms with van der Waals surface area (Å²) >= 11 is 0. The lowest BCUT2D eigenvalue weighted by molar-refractivity contribution is -0.137. The zero-order valence-electron chi connectivity index (χ0n) is 19.5. The molecule has 1 aliphatic rings. The van der Waals surface area contributed by atoms with Crippen LogP contribution in [0.25, 0.3) is 0 Å². The number of benzene rings is 2. The SMILES string of the molecule is COc1ccc(C(=O)C[C@@]2(C(=O)NCc3ccc(Nc4ccccc4C(F)(F)F)cc3)CCOC2)o1. The van der Waals surface area contributed by atoms with E-state index in [1.165, 1.54) is 37.4 Å². The Bertz CT molecular complexity index is 1210. The predicted molar refractivity (Wildman–Crippen MR) is 125 cm³/mol. The van der Waals surface area contributed by atoms with Crippen molar-refractivity contribution in [2.75, 3.05) is 25.6 Å². The van der Waals surface area contributed by atoms with Gasteiger partial charge in [-0.3, -0.25) is 9.59 Å². The van der Waals surface area contributed by atoms with Crippen LogP contribution in [0.2, 0.25) is 0 Å². The molecule has 1 atom stereocenters. The van der Waals surface area contributed by atoms with Crippen molar-refractivity contribution >= 4 is 23.1 Å². The number of ether oxygens (including phenoxy) is 2. The molecule has 7 nitrogen and oxygen atoms in total. The fraction of sp³-hybridized carbons (Fsp3) is 0.308. The number of alkyl halides is 3. The van der Waals surface area contributed by atoms with Crippen LogP contribution in [-0.4, -0.2) is 32.0 Å². The van der Waals surface area contributed by atoms with Gasteiger partial charge in [0.05, 0.1) is 30.4 Å². The van der Waals surface area contributed by atoms with Crippen molar-refractivity contribution in [1.82, 2.24) is 5.32 Å². The summed E-state index contributed by atoms with van der Waals surface area (Å²) in [6, 6.07) is 15.0. The number of ketones is 1. The van der Waals surface area contributed by atoms with Gasteiger partial charge >= 0.3 is 6.18 Å². The van der Waals surface area contributed by atoms with Gasteiger partial charge < -0.3 is 24.5 Å². The van der Waals surface area contributed by atoms with Crippen LogP contribution in [0, 0.1) is 5.41 Å². The molecule has 2 heterocycles. The third-order valence-electron chi connectivity index (χ3n) is 6.06. The van der Waals surface area contributed by atoms with Crippen molar-refractivity contribution < 1.29 is 36.7 Å². The van der Waals surface area contributed by atoms with Gasteiger partial charge in [0.15, 0.2) is 11.5 Å². The van der Waals surface area contributed by atoms with Gasteiger partial charge in [-0.2, -0.15) is 13.2 Å². The highest BCUT2D eigenvalue weighted by atomic mass is 19.4. The highest BCUT2D eigenvalue weighted by Crippen LogP contribution is 2.36. The Morgan fingerprint density at radius 2 is 1.81 bits per heavy atom. The average Bonchev–Trinajstić information content (AvgIpc) is 3.54. The maximum atomic E-state index is 13.2. The zero-order valence-corrected chi connectivity index (χ0v) is 19.5. The third-order valence-corrected chi connectivity index (χ3v) is 6.06. The molecule has 3 aromatic rings. The molecular formula is C26H25F3N2O5. The van der Waals surface area contributed by atoms with Crippen LogP contribution in [-0.2, 0) is 22.3 Å². The fourth-order valence-electron chi connectivity index (χ4n) is 4.05. The van der Waals surface area contributed by atoms with Gasteiger partial charge in [-0.25, -0.2) is 0 Å². The van der Waals surface area contributed by atoms with Crippen LogP contribution in [0.3, 0.4) is 0 Å². The second kappa shape index (κ2) is 10.4. The number of hydrogen-bond acceptors (Lipinski definition) is 6. The van der Waals surface area contributed by atoms with Crippen LogP contribution in [0.5, 0.6) is 5.95 Å². The topological polar surface area (TPSA) is 89.8 Å². The van der Waals surface area contributed by atoms with E-state index in [4.69, 9.17) is 13.9 Å². The summed E-state index contributed by atoms with van der Waals surface area (Å²) in [7, 11) is 1.43. The summed E-state index contributed by atoms with van der Waals surface area (Å²) in [5, 5.41) is 5.64. The van der Waals surface area contributed by atoms with E-state index in [0.29, 0.717) is 18.7 Å². The molecular weight excluding hydrogens is 477 g/mol. The number of para-hydroxylation sites is 1. The van der Waals surface area contributed by atoms with Gasteiger partial charge in [0, 0.05) is 31.3 Å². The second-order valence-electron chi connectivity index (χ2n) is 8.55. The molecule has 0 radical (unpaired) electrons. The monoisotopic (exact) mass is 502 g/mol. The van der Waals surface area contributed by atoms with Crippen molar-refractivity contribution in [3.63, 3.8) is 0 Å². The number of Topliss-reactive ketones (excluding diaryl/α,β-unsaturated/α-hetero) is 1. The molecule has 190 valence electrons. The van der Waals surface area contributed by atoms with E-state index in [2.05, 4.69) is 10.6 Å². The van der Waals surface area contributed by atoms with E-state index in [1.807, 2.05) is 0 Å². The van der Waals surface area contributed by atoms with Crippen LogP contribution >= 0.6 is 0 Å². The number of carbonyl (C=O) groups is 2. The summed E-state index contributed by atoms with van der Waals surface area (Å²) in [4.78, 5) is 25.8. The smallest absolute Gasteiger partial charge is 0.418 e. The number of methoxy groups -OCH3 is 1. The Hall–Kier alpha value is -3.79. The predicted octanol–water partition coefficient (Wildman–Crippen LogP) is 5.35. The number of furan rings is 1. The molecule has 1 aliphatic heterocycles. The molecule has 0 unspecified atom stereocenters. The summed E-state index contributed by atoms with van der Waals surface area (Å²) in [5.74, 6) is -0.317. The number of rotatable bonds is 9. The van der Waals surface area contributed by atoms with Crippen molar-refractivity contribution in [2.45, 2.75) is 25.6 Å². The van der Waals surface area contributed by atoms with Gasteiger partial charge in [-0.15, -0.1) is 0 Å². The Balaban J connectivity index is 1.38. The molecule has 0 spiro atoms. The maximum Gasteiger partial charge on any atom is 0.418 e. The first-order valence-corrected chi connectivity index (χ1v) is 11.3. The van der Waals surface area contributed by atoms with Crippen molar-refractivity contribution in [2.24, 2.45) is 5.41 Å². The van der Waals surface area contributed by atoms with E-state index in [0.717, 1.165) is 11.6 Å². The molecule has 2 N–H and O–H groups in total. The second-order valence-corrected chi connectivity index (χ2v) is 8.55. The number of halogens is 3. The van der Waals surface area contributed by atoms with Crippen LogP contribution in [0.4, 0.5) is 24.5 Å². The van der Waals surface area contributed by atoms with Crippen LogP contribution in [0.15, 0.2) is 65.1 Å². The molecule has 36 heavy (non-hydrogen) atoms. The molecule has 1 aromatic heterocycles. The zero-order chi connectivity index (χ0) is 25.8. The van der Waals surface area contributed by atoms with Gasteiger partial charge in [0.2, 0.25) is 5.91 Å². The lowest BCUT2D eigenvalue weighted by Crippen LogP contribution is -2.42. The highest BCUT2D eigenvalue weighted by molar-refractivity contribution is 5.98. The first kappa shape index (κ1) is 25.3. The van der Waals surface area contributed by atoms with Gasteiger partial charge in [-0.05, 0) is 42.3 Å². The lowest BCUT2D eigenvalue weighted by atomic mass is 9.80. The Labute approximate surface area is 205 Å². The molecule has 0 bridgehead atoms. The van der Waals surface area contributed by atoms with Crippen molar-refractivity contribution in [3.05, 3.63) is 77.6 Å². The molecule has 1 saturated heterocycles. The Morgan fingerprint density at radius 3 is 2.44 bits per heavy atom. The number of hydrogen-bond donors (Lipinski definition) is 2. The van der Waals surface area contributed by atoms with E-state index in [9.17, 15) is 22.8 Å². The molecule has 1 amide bonds. The molecule has 0 aliphatic carbocycles. The minimum atomic E-state index is -4.47. The average molecular weight is 502 g/mol. The van der Waals surface area contributed by atoms with E-state index in [1.54, 1.807) is 24.3 Å². The first-order chi connectivity index (χ1) is 17.2. The Morgan fingerprint density at radius 1 is 1.06 bits per heavy atom. The van der Waals surface area contributed by atoms with Gasteiger partial charge in [-0.1, -0.05) is 24.3 Å². The minimum Gasteiger partial charge on any atom is -0.468 e. The number of carbonyl (C=O) groups excluding carboxylic acids is 2. The maximum absolute atomic E-state index is 13.2. The lowest BCUT2D eigenvalue weighted by Gasteiger charge is -2.25. The summed E-state index contributed by atoms with van der Waals surface area (Å²) in [6.45, 7) is 0.661. The summed E-state index contributed by atoms with van der Waals surface area (Å²) in [5.41, 5.74) is -0.600. The van der Waals surface area contributed by atoms with Crippen LogP contribution in [0.1, 0.15) is 34.5 Å². The number of anilines is 2. The van der Waals surface area contributed by atoms with Crippen LogP contribution < -0.4 is 15.4 Å².